The van der Waals surface area contributed by atoms with Crippen molar-refractivity contribution in [3.05, 3.63) is 75.3 Å². The first-order chi connectivity index (χ1) is 13.4. The summed E-state index contributed by atoms with van der Waals surface area (Å²) in [5.74, 6) is -0.130. The van der Waals surface area contributed by atoms with Gasteiger partial charge in [0.05, 0.1) is 17.3 Å². The number of nitrogens with one attached hydrogen (secondary N) is 1. The number of aryl methyl sites for hydroxylation is 1. The summed E-state index contributed by atoms with van der Waals surface area (Å²) in [5.41, 5.74) is 4.17. The Morgan fingerprint density at radius 2 is 2.04 bits per heavy atom. The number of aromatic nitrogens is 2. The summed E-state index contributed by atoms with van der Waals surface area (Å²) in [5, 5.41) is 8.40. The van der Waals surface area contributed by atoms with E-state index in [-0.39, 0.29) is 6.61 Å². The van der Waals surface area contributed by atoms with Crippen LogP contribution in [0.2, 0.25) is 0 Å². The van der Waals surface area contributed by atoms with Crippen LogP contribution in [0, 0.1) is 6.92 Å². The summed E-state index contributed by atoms with van der Waals surface area (Å²) in [6, 6.07) is 10.4. The minimum absolute atomic E-state index is 0.00897. The monoisotopic (exact) mass is 376 g/mol. The maximum absolute atomic E-state index is 12.5. The van der Waals surface area contributed by atoms with E-state index in [0.29, 0.717) is 22.6 Å². The molecule has 0 aliphatic rings. The second-order valence-electron chi connectivity index (χ2n) is 7.20. The molecule has 28 heavy (non-hydrogen) atoms. The molecule has 0 bridgehead atoms. The van der Waals surface area contributed by atoms with Gasteiger partial charge in [-0.15, -0.1) is 0 Å². The molecule has 2 aromatic carbocycles. The molecule has 142 valence electrons. The quantitative estimate of drug-likeness (QED) is 0.420. The Kier molecular flexibility index (Phi) is 4.47. The van der Waals surface area contributed by atoms with Gasteiger partial charge in [0.15, 0.2) is 0 Å². The van der Waals surface area contributed by atoms with Gasteiger partial charge in [-0.2, -0.15) is 5.10 Å². The van der Waals surface area contributed by atoms with Crippen LogP contribution in [0.15, 0.2) is 51.8 Å². The van der Waals surface area contributed by atoms with Crippen LogP contribution in [0.3, 0.4) is 0 Å². The van der Waals surface area contributed by atoms with Crippen molar-refractivity contribution in [1.29, 1.82) is 0 Å². The molecule has 0 saturated heterocycles. The third kappa shape index (κ3) is 3.29. The topological polar surface area (TPSA) is 85.2 Å². The van der Waals surface area contributed by atoms with Crippen LogP contribution in [0.25, 0.3) is 21.9 Å². The third-order valence-electron chi connectivity index (χ3n) is 4.87. The summed E-state index contributed by atoms with van der Waals surface area (Å²) in [6.07, 6.45) is 1.65. The highest BCUT2D eigenvalue weighted by Gasteiger charge is 2.14. The zero-order valence-electron chi connectivity index (χ0n) is 15.9. The van der Waals surface area contributed by atoms with Gasteiger partial charge in [0.1, 0.15) is 12.2 Å². The Balaban J connectivity index is 1.65. The zero-order valence-corrected chi connectivity index (χ0v) is 15.9. The molecular formula is C22H20N2O4. The van der Waals surface area contributed by atoms with E-state index < -0.39 is 11.6 Å². The first kappa shape index (κ1) is 18.0. The van der Waals surface area contributed by atoms with E-state index in [9.17, 15) is 9.59 Å². The van der Waals surface area contributed by atoms with Crippen LogP contribution >= 0.6 is 0 Å². The maximum Gasteiger partial charge on any atom is 0.338 e. The number of H-pyrrole nitrogens is 1. The molecule has 0 atom stereocenters. The molecule has 0 aliphatic heterocycles. The predicted octanol–water partition coefficient (Wildman–Crippen LogP) is 4.46. The van der Waals surface area contributed by atoms with Crippen LogP contribution in [0.1, 0.15) is 46.8 Å². The van der Waals surface area contributed by atoms with Crippen molar-refractivity contribution in [3.8, 4) is 0 Å². The molecule has 6 nitrogen and oxygen atoms in total. The summed E-state index contributed by atoms with van der Waals surface area (Å²) in [6.45, 7) is 6.20. The summed E-state index contributed by atoms with van der Waals surface area (Å²) in [7, 11) is 0. The lowest BCUT2D eigenvalue weighted by Gasteiger charge is -2.13. The number of hydrogen-bond donors (Lipinski definition) is 1. The molecule has 1 N–H and O–H groups in total. The van der Waals surface area contributed by atoms with Crippen molar-refractivity contribution >= 4 is 27.8 Å². The fourth-order valence-electron chi connectivity index (χ4n) is 3.43. The Morgan fingerprint density at radius 1 is 1.21 bits per heavy atom. The molecule has 0 amide bonds. The van der Waals surface area contributed by atoms with Crippen molar-refractivity contribution in [2.24, 2.45) is 0 Å². The number of fused-ring (bicyclic) bond motifs is 2. The molecule has 4 aromatic rings. The van der Waals surface area contributed by atoms with Gasteiger partial charge in [0.2, 0.25) is 0 Å². The second-order valence-corrected chi connectivity index (χ2v) is 7.20. The second kappa shape index (κ2) is 6.96. The van der Waals surface area contributed by atoms with Gasteiger partial charge in [-0.1, -0.05) is 13.8 Å². The van der Waals surface area contributed by atoms with Gasteiger partial charge >= 0.3 is 11.6 Å². The fraction of sp³-hybridized carbons (Fsp3) is 0.227. The van der Waals surface area contributed by atoms with Crippen molar-refractivity contribution in [1.82, 2.24) is 10.2 Å². The fourth-order valence-corrected chi connectivity index (χ4v) is 3.43. The number of carbonyl (C=O) groups is 1. The molecule has 0 saturated carbocycles. The Hall–Kier alpha value is -3.41. The molecule has 0 radical (unpaired) electrons. The number of aromatic amines is 1. The lowest BCUT2D eigenvalue weighted by atomic mass is 9.95. The maximum atomic E-state index is 12.5. The van der Waals surface area contributed by atoms with Crippen LogP contribution in [-0.4, -0.2) is 16.2 Å². The Morgan fingerprint density at radius 3 is 2.82 bits per heavy atom. The predicted molar refractivity (Wildman–Crippen MR) is 107 cm³/mol. The lowest BCUT2D eigenvalue weighted by molar-refractivity contribution is 0.0474. The largest absolute Gasteiger partial charge is 0.457 e. The smallest absolute Gasteiger partial charge is 0.338 e. The van der Waals surface area contributed by atoms with Gasteiger partial charge in [0, 0.05) is 22.4 Å². The van der Waals surface area contributed by atoms with E-state index in [1.54, 1.807) is 24.4 Å². The van der Waals surface area contributed by atoms with Crippen LogP contribution in [0.5, 0.6) is 0 Å². The SMILES string of the molecule is Cc1cc2oc(=O)cc(COC(=O)c3ccc4[nH]ncc4c3)c2cc1C(C)C. The number of rotatable bonds is 4. The summed E-state index contributed by atoms with van der Waals surface area (Å²) >= 11 is 0. The highest BCUT2D eigenvalue weighted by molar-refractivity contribution is 5.94. The first-order valence-corrected chi connectivity index (χ1v) is 9.10. The van der Waals surface area contributed by atoms with Gasteiger partial charge in [-0.3, -0.25) is 5.10 Å². The Labute approximate surface area is 161 Å². The third-order valence-corrected chi connectivity index (χ3v) is 4.87. The number of esters is 1. The van der Waals surface area contributed by atoms with Crippen LogP contribution in [0.4, 0.5) is 0 Å². The van der Waals surface area contributed by atoms with Crippen molar-refractivity contribution < 1.29 is 13.9 Å². The molecule has 0 aliphatic carbocycles. The average molecular weight is 376 g/mol. The van der Waals surface area contributed by atoms with Crippen molar-refractivity contribution in [2.75, 3.05) is 0 Å². The lowest BCUT2D eigenvalue weighted by Crippen LogP contribution is -2.08. The van der Waals surface area contributed by atoms with Gasteiger partial charge < -0.3 is 9.15 Å². The molecule has 0 unspecified atom stereocenters. The highest BCUT2D eigenvalue weighted by atomic mass is 16.5. The van der Waals surface area contributed by atoms with E-state index in [2.05, 4.69) is 24.0 Å². The van der Waals surface area contributed by atoms with Gasteiger partial charge in [0.25, 0.3) is 0 Å². The first-order valence-electron chi connectivity index (χ1n) is 9.10. The number of nitrogens with zero attached hydrogens (tertiary/aromatic N) is 1. The molecule has 0 spiro atoms. The van der Waals surface area contributed by atoms with E-state index in [4.69, 9.17) is 9.15 Å². The normalized spacial score (nSPS) is 11.4. The molecule has 6 heteroatoms. The van der Waals surface area contributed by atoms with E-state index in [1.165, 1.54) is 11.6 Å². The molecule has 2 heterocycles. The Bertz CT molecular complexity index is 1250. The van der Waals surface area contributed by atoms with E-state index in [0.717, 1.165) is 21.9 Å². The summed E-state index contributed by atoms with van der Waals surface area (Å²) in [4.78, 5) is 24.4. The van der Waals surface area contributed by atoms with Crippen molar-refractivity contribution in [3.63, 3.8) is 0 Å². The number of ether oxygens (including phenoxy) is 1. The molecule has 2 aromatic heterocycles. The standard InChI is InChI=1S/C22H20N2O4/c1-12(2)17-9-18-16(8-21(25)28-20(18)6-13(17)3)11-27-22(26)14-4-5-19-15(7-14)10-23-24-19/h4-10,12H,11H2,1-3H3,(H,23,24). The number of carbonyl (C=O) groups excluding carboxylic acids is 1. The molecule has 0 fully saturated rings. The molecular weight excluding hydrogens is 356 g/mol. The zero-order chi connectivity index (χ0) is 19.8. The van der Waals surface area contributed by atoms with Gasteiger partial charge in [-0.05, 0) is 54.3 Å². The van der Waals surface area contributed by atoms with Crippen LogP contribution < -0.4 is 5.63 Å². The minimum atomic E-state index is -0.463. The van der Waals surface area contributed by atoms with Crippen molar-refractivity contribution in [2.45, 2.75) is 33.3 Å². The van der Waals surface area contributed by atoms with Crippen LogP contribution in [-0.2, 0) is 11.3 Å². The minimum Gasteiger partial charge on any atom is -0.457 e. The van der Waals surface area contributed by atoms with E-state index >= 15 is 0 Å². The average Bonchev–Trinajstić information content (AvgIpc) is 3.12. The number of benzene rings is 2. The number of hydrogen-bond acceptors (Lipinski definition) is 5. The highest BCUT2D eigenvalue weighted by Crippen LogP contribution is 2.27. The summed E-state index contributed by atoms with van der Waals surface area (Å²) < 4.78 is 10.8. The van der Waals surface area contributed by atoms with Gasteiger partial charge in [-0.25, -0.2) is 9.59 Å². The molecule has 4 rings (SSSR count). The van der Waals surface area contributed by atoms with E-state index in [1.807, 2.05) is 19.1 Å².